The molecule has 2 N–H and O–H groups in total. The second-order valence-corrected chi connectivity index (χ2v) is 6.58. The van der Waals surface area contributed by atoms with E-state index in [1.165, 1.54) is 7.11 Å². The predicted octanol–water partition coefficient (Wildman–Crippen LogP) is 1.31. The van der Waals surface area contributed by atoms with Crippen LogP contribution in [0.1, 0.15) is 19.7 Å². The van der Waals surface area contributed by atoms with Gasteiger partial charge in [-0.15, -0.1) is 0 Å². The zero-order valence-electron chi connectivity index (χ0n) is 15.9. The quantitative estimate of drug-likeness (QED) is 0.446. The van der Waals surface area contributed by atoms with E-state index in [0.717, 1.165) is 24.9 Å². The van der Waals surface area contributed by atoms with Crippen molar-refractivity contribution in [2.45, 2.75) is 20.3 Å². The molecule has 9 heteroatoms. The number of carbonyl (C=O) groups excluding carboxylic acids is 1. The van der Waals surface area contributed by atoms with Crippen molar-refractivity contribution in [2.24, 2.45) is 16.8 Å². The van der Waals surface area contributed by atoms with Crippen LogP contribution in [0.15, 0.2) is 27.8 Å². The molecule has 2 unspecified atom stereocenters. The SMILES string of the molecule is CCNC(=NCCc1nc(-c2ccco2)n[nH]1)N1CC(C)C(C(=O)OC)C1. The fraction of sp³-hybridized carbons (Fsp3) is 0.556. The summed E-state index contributed by atoms with van der Waals surface area (Å²) in [5.74, 6) is 2.68. The van der Waals surface area contributed by atoms with Gasteiger partial charge in [-0.1, -0.05) is 6.92 Å². The van der Waals surface area contributed by atoms with Crippen molar-refractivity contribution in [3.05, 3.63) is 24.2 Å². The molecule has 0 spiro atoms. The van der Waals surface area contributed by atoms with Crippen LogP contribution in [0.3, 0.4) is 0 Å². The molecule has 0 bridgehead atoms. The molecule has 2 aromatic rings. The first-order chi connectivity index (χ1) is 13.1. The first kappa shape index (κ1) is 18.9. The highest BCUT2D eigenvalue weighted by atomic mass is 16.5. The third-order valence-electron chi connectivity index (χ3n) is 4.63. The Kier molecular flexibility index (Phi) is 6.10. The average molecular weight is 374 g/mol. The molecule has 1 saturated heterocycles. The van der Waals surface area contributed by atoms with Gasteiger partial charge in [0.2, 0.25) is 5.82 Å². The van der Waals surface area contributed by atoms with Gasteiger partial charge in [0, 0.05) is 32.6 Å². The van der Waals surface area contributed by atoms with Gasteiger partial charge in [0.1, 0.15) is 5.82 Å². The number of methoxy groups -OCH3 is 1. The van der Waals surface area contributed by atoms with E-state index in [1.54, 1.807) is 12.3 Å². The number of hydrogen-bond donors (Lipinski definition) is 2. The van der Waals surface area contributed by atoms with Crippen LogP contribution in [0.2, 0.25) is 0 Å². The van der Waals surface area contributed by atoms with E-state index < -0.39 is 0 Å². The largest absolute Gasteiger partial charge is 0.469 e. The van der Waals surface area contributed by atoms with E-state index in [1.807, 2.05) is 13.0 Å². The smallest absolute Gasteiger partial charge is 0.310 e. The molecule has 1 aliphatic rings. The van der Waals surface area contributed by atoms with Crippen molar-refractivity contribution < 1.29 is 13.9 Å². The number of aromatic amines is 1. The summed E-state index contributed by atoms with van der Waals surface area (Å²) in [5, 5.41) is 10.4. The Bertz CT molecular complexity index is 770. The molecule has 3 heterocycles. The number of guanidine groups is 1. The van der Waals surface area contributed by atoms with Gasteiger partial charge in [-0.05, 0) is 25.0 Å². The molecule has 0 aliphatic carbocycles. The van der Waals surface area contributed by atoms with Crippen LogP contribution in [0, 0.1) is 11.8 Å². The molecule has 146 valence electrons. The number of H-pyrrole nitrogens is 1. The highest BCUT2D eigenvalue weighted by Gasteiger charge is 2.36. The summed E-state index contributed by atoms with van der Waals surface area (Å²) in [4.78, 5) is 23.1. The highest BCUT2D eigenvalue weighted by Crippen LogP contribution is 2.24. The van der Waals surface area contributed by atoms with Crippen molar-refractivity contribution >= 4 is 11.9 Å². The average Bonchev–Trinajstić information content (AvgIpc) is 3.40. The molecular formula is C18H26N6O3. The molecule has 9 nitrogen and oxygen atoms in total. The van der Waals surface area contributed by atoms with Gasteiger partial charge in [0.05, 0.1) is 19.3 Å². The Hall–Kier alpha value is -2.84. The van der Waals surface area contributed by atoms with Crippen LogP contribution in [-0.4, -0.2) is 65.3 Å². The standard InChI is InChI=1S/C18H26N6O3/c1-4-19-18(24-10-12(2)13(11-24)17(25)26-3)20-8-7-15-21-16(23-22-15)14-6-5-9-27-14/h5-6,9,12-13H,4,7-8,10-11H2,1-3H3,(H,19,20)(H,21,22,23). The molecule has 0 amide bonds. The lowest BCUT2D eigenvalue weighted by atomic mass is 9.99. The van der Waals surface area contributed by atoms with Crippen LogP contribution < -0.4 is 5.32 Å². The maximum atomic E-state index is 11.9. The normalized spacial score (nSPS) is 20.1. The second kappa shape index (κ2) is 8.70. The summed E-state index contributed by atoms with van der Waals surface area (Å²) in [6.45, 7) is 6.80. The fourth-order valence-corrected chi connectivity index (χ4v) is 3.21. The molecular weight excluding hydrogens is 348 g/mol. The molecule has 3 rings (SSSR count). The summed E-state index contributed by atoms with van der Waals surface area (Å²) < 4.78 is 10.2. The topological polar surface area (TPSA) is 109 Å². The number of furan rings is 1. The van der Waals surface area contributed by atoms with Crippen molar-refractivity contribution in [2.75, 3.05) is 33.3 Å². The van der Waals surface area contributed by atoms with Crippen LogP contribution in [0.4, 0.5) is 0 Å². The van der Waals surface area contributed by atoms with E-state index in [9.17, 15) is 4.79 Å². The summed E-state index contributed by atoms with van der Waals surface area (Å²) in [6, 6.07) is 3.62. The van der Waals surface area contributed by atoms with Gasteiger partial charge in [-0.25, -0.2) is 4.98 Å². The molecule has 2 atom stereocenters. The fourth-order valence-electron chi connectivity index (χ4n) is 3.21. The summed E-state index contributed by atoms with van der Waals surface area (Å²) in [5.41, 5.74) is 0. The van der Waals surface area contributed by atoms with Crippen molar-refractivity contribution in [3.63, 3.8) is 0 Å². The number of rotatable bonds is 6. The second-order valence-electron chi connectivity index (χ2n) is 6.58. The Balaban J connectivity index is 1.60. The number of ether oxygens (including phenoxy) is 1. The Morgan fingerprint density at radius 3 is 3.07 bits per heavy atom. The lowest BCUT2D eigenvalue weighted by Crippen LogP contribution is -2.40. The zero-order valence-corrected chi connectivity index (χ0v) is 15.9. The lowest BCUT2D eigenvalue weighted by Gasteiger charge is -2.21. The van der Waals surface area contributed by atoms with Crippen molar-refractivity contribution in [1.29, 1.82) is 0 Å². The molecule has 2 aromatic heterocycles. The molecule has 0 aromatic carbocycles. The molecule has 1 fully saturated rings. The number of likely N-dealkylation sites (tertiary alicyclic amines) is 1. The lowest BCUT2D eigenvalue weighted by molar-refractivity contribution is -0.145. The number of hydrogen-bond acceptors (Lipinski definition) is 6. The Morgan fingerprint density at radius 1 is 1.52 bits per heavy atom. The van der Waals surface area contributed by atoms with Gasteiger partial charge >= 0.3 is 5.97 Å². The Labute approximate surface area is 158 Å². The van der Waals surface area contributed by atoms with Crippen LogP contribution in [-0.2, 0) is 16.0 Å². The minimum absolute atomic E-state index is 0.121. The number of aromatic nitrogens is 3. The maximum Gasteiger partial charge on any atom is 0.310 e. The van der Waals surface area contributed by atoms with Gasteiger partial charge < -0.3 is 19.4 Å². The number of nitrogens with one attached hydrogen (secondary N) is 2. The summed E-state index contributed by atoms with van der Waals surface area (Å²) in [6.07, 6.45) is 2.23. The first-order valence-electron chi connectivity index (χ1n) is 9.18. The number of carbonyl (C=O) groups is 1. The van der Waals surface area contributed by atoms with Crippen LogP contribution in [0.5, 0.6) is 0 Å². The number of esters is 1. The molecule has 0 radical (unpaired) electrons. The number of nitrogens with zero attached hydrogens (tertiary/aromatic N) is 4. The third-order valence-corrected chi connectivity index (χ3v) is 4.63. The monoisotopic (exact) mass is 374 g/mol. The van der Waals surface area contributed by atoms with E-state index >= 15 is 0 Å². The van der Waals surface area contributed by atoms with Gasteiger partial charge in [-0.3, -0.25) is 14.9 Å². The number of aliphatic imine (C=N–C) groups is 1. The van der Waals surface area contributed by atoms with Crippen LogP contribution >= 0.6 is 0 Å². The Morgan fingerprint density at radius 2 is 2.37 bits per heavy atom. The van der Waals surface area contributed by atoms with Gasteiger partial charge in [-0.2, -0.15) is 5.10 Å². The van der Waals surface area contributed by atoms with Gasteiger partial charge in [0.25, 0.3) is 0 Å². The van der Waals surface area contributed by atoms with E-state index in [-0.39, 0.29) is 17.8 Å². The minimum Gasteiger partial charge on any atom is -0.469 e. The highest BCUT2D eigenvalue weighted by molar-refractivity contribution is 5.82. The van der Waals surface area contributed by atoms with E-state index in [2.05, 4.69) is 37.3 Å². The van der Waals surface area contributed by atoms with Crippen molar-refractivity contribution in [1.82, 2.24) is 25.4 Å². The van der Waals surface area contributed by atoms with Crippen LogP contribution in [0.25, 0.3) is 11.6 Å². The maximum absolute atomic E-state index is 11.9. The molecule has 1 aliphatic heterocycles. The first-order valence-corrected chi connectivity index (χ1v) is 9.18. The third kappa shape index (κ3) is 4.47. The molecule has 27 heavy (non-hydrogen) atoms. The molecule has 0 saturated carbocycles. The summed E-state index contributed by atoms with van der Waals surface area (Å²) >= 11 is 0. The predicted molar refractivity (Wildman–Crippen MR) is 100 cm³/mol. The summed E-state index contributed by atoms with van der Waals surface area (Å²) in [7, 11) is 1.44. The van der Waals surface area contributed by atoms with Gasteiger partial charge in [0.15, 0.2) is 11.7 Å². The van der Waals surface area contributed by atoms with E-state index in [0.29, 0.717) is 31.1 Å². The van der Waals surface area contributed by atoms with Crippen molar-refractivity contribution in [3.8, 4) is 11.6 Å². The minimum atomic E-state index is -0.159. The zero-order chi connectivity index (χ0) is 19.2. The van der Waals surface area contributed by atoms with E-state index in [4.69, 9.17) is 9.15 Å².